The van der Waals surface area contributed by atoms with Crippen LogP contribution in [0.15, 0.2) is 36.7 Å². The average Bonchev–Trinajstić information content (AvgIpc) is 2.60. The fraction of sp³-hybridized carbons (Fsp3) is 0.143. The molecular formula is C14H12Br2N2O4S2Sn. The van der Waals surface area contributed by atoms with E-state index in [4.69, 9.17) is 33.9 Å². The van der Waals surface area contributed by atoms with Gasteiger partial charge < -0.3 is 0 Å². The van der Waals surface area contributed by atoms with Gasteiger partial charge in [-0.25, -0.2) is 0 Å². The summed E-state index contributed by atoms with van der Waals surface area (Å²) in [5.41, 5.74) is 0.707. The van der Waals surface area contributed by atoms with Gasteiger partial charge in [0.05, 0.1) is 0 Å². The minimum atomic E-state index is -3.78. The van der Waals surface area contributed by atoms with Crippen LogP contribution in [0, 0.1) is 9.28 Å². The molecule has 0 radical (unpaired) electrons. The number of hydrogen-bond acceptors (Lipinski definition) is 6. The van der Waals surface area contributed by atoms with Crippen LogP contribution in [0.1, 0.15) is 20.7 Å². The molecule has 0 unspecified atom stereocenters. The van der Waals surface area contributed by atoms with Gasteiger partial charge in [0.15, 0.2) is 0 Å². The Morgan fingerprint density at radius 1 is 0.880 bits per heavy atom. The second-order valence-corrected chi connectivity index (χ2v) is 33.2. The molecule has 0 aliphatic carbocycles. The molecule has 132 valence electrons. The number of nitrogens with zero attached hydrogens (tertiary/aromatic N) is 2. The Morgan fingerprint density at radius 3 is 1.56 bits per heavy atom. The van der Waals surface area contributed by atoms with Crippen molar-refractivity contribution in [1.82, 2.24) is 5.58 Å². The van der Waals surface area contributed by atoms with Crippen LogP contribution in [0.4, 0.5) is 0 Å². The van der Waals surface area contributed by atoms with Gasteiger partial charge in [-0.05, 0) is 0 Å². The average molecular weight is 615 g/mol. The molecule has 2 aromatic heterocycles. The van der Waals surface area contributed by atoms with Crippen molar-refractivity contribution in [3.63, 3.8) is 0 Å². The molecule has 0 N–H and O–H groups in total. The Morgan fingerprint density at radius 2 is 1.24 bits per heavy atom. The van der Waals surface area contributed by atoms with Gasteiger partial charge in [0, 0.05) is 0 Å². The van der Waals surface area contributed by atoms with Crippen LogP contribution < -0.4 is 0 Å². The zero-order valence-electron chi connectivity index (χ0n) is 13.1. The van der Waals surface area contributed by atoms with Crippen molar-refractivity contribution in [1.29, 1.82) is 0 Å². The van der Waals surface area contributed by atoms with Gasteiger partial charge in [-0.2, -0.15) is 0 Å². The Kier molecular flexibility index (Phi) is 6.99. The summed E-state index contributed by atoms with van der Waals surface area (Å²) in [5.74, 6) is -0.949. The van der Waals surface area contributed by atoms with E-state index in [1.807, 2.05) is 0 Å². The van der Waals surface area contributed by atoms with Crippen molar-refractivity contribution in [2.45, 2.75) is 0 Å². The molecule has 0 saturated heterocycles. The van der Waals surface area contributed by atoms with Gasteiger partial charge in [-0.15, -0.1) is 0 Å². The Labute approximate surface area is 170 Å². The standard InChI is InChI=1S/2C7H7NO2S.2BrH.Sn/c2*1-10-7(9)5-2-3-6(11)8-4-5;;;/h2*2-4H,1H3,(H,8,9,11);2*1H;/q;;;;+4/p-4. The number of ether oxygens (including phenoxy) is 2. The van der Waals surface area contributed by atoms with Gasteiger partial charge in [-0.1, -0.05) is 0 Å². The molecule has 0 aliphatic heterocycles. The quantitative estimate of drug-likeness (QED) is 0.296. The van der Waals surface area contributed by atoms with Gasteiger partial charge in [0.1, 0.15) is 0 Å². The maximum atomic E-state index is 11.8. The van der Waals surface area contributed by atoms with E-state index in [1.165, 1.54) is 14.2 Å². The predicted octanol–water partition coefficient (Wildman–Crippen LogP) is 3.94. The third-order valence-electron chi connectivity index (χ3n) is 3.24. The number of pyridine rings is 2. The van der Waals surface area contributed by atoms with Crippen LogP contribution in [-0.2, 0) is 9.47 Å². The van der Waals surface area contributed by atoms with E-state index in [2.05, 4.69) is 25.4 Å². The zero-order valence-corrected chi connectivity index (χ0v) is 20.7. The van der Waals surface area contributed by atoms with Gasteiger partial charge in [0.25, 0.3) is 0 Å². The third-order valence-corrected chi connectivity index (χ3v) is 20.5. The second-order valence-electron chi connectivity index (χ2n) is 4.74. The normalized spacial score (nSPS) is 11.0. The Hall–Kier alpha value is -0.561. The SMILES string of the molecule is COC(=O)c1ccc(=S)[n]([Sn]([Br])([Br])[n]2cc(C(=O)OC)ccc2=S)c1. The first-order chi connectivity index (χ1) is 11.7. The molecule has 0 aromatic carbocycles. The van der Waals surface area contributed by atoms with Gasteiger partial charge >= 0.3 is 172 Å². The number of esters is 2. The maximum absolute atomic E-state index is 11.8. The van der Waals surface area contributed by atoms with Crippen LogP contribution >= 0.6 is 49.8 Å². The van der Waals surface area contributed by atoms with E-state index in [0.717, 1.165) is 0 Å². The summed E-state index contributed by atoms with van der Waals surface area (Å²) in [6.07, 6.45) is 3.22. The molecule has 0 atom stereocenters. The molecule has 2 aromatic rings. The van der Waals surface area contributed by atoms with E-state index < -0.39 is 26.4 Å². The summed E-state index contributed by atoms with van der Waals surface area (Å²) in [7, 11) is 2.62. The summed E-state index contributed by atoms with van der Waals surface area (Å²) in [5, 5.41) is 0. The number of methoxy groups -OCH3 is 2. The first-order valence-electron chi connectivity index (χ1n) is 6.73. The number of aromatic nitrogens is 2. The molecule has 0 fully saturated rings. The monoisotopic (exact) mass is 614 g/mol. The molecule has 25 heavy (non-hydrogen) atoms. The molecule has 0 saturated carbocycles. The van der Waals surface area contributed by atoms with E-state index in [-0.39, 0.29) is 0 Å². The van der Waals surface area contributed by atoms with Crippen molar-refractivity contribution in [3.05, 3.63) is 57.1 Å². The van der Waals surface area contributed by atoms with Crippen LogP contribution in [-0.4, -0.2) is 46.2 Å². The van der Waals surface area contributed by atoms with E-state index in [1.54, 1.807) is 42.2 Å². The van der Waals surface area contributed by atoms with Crippen LogP contribution in [0.25, 0.3) is 0 Å². The molecule has 0 bridgehead atoms. The van der Waals surface area contributed by atoms with Crippen molar-refractivity contribution < 1.29 is 19.1 Å². The van der Waals surface area contributed by atoms with Gasteiger partial charge in [-0.3, -0.25) is 0 Å². The molecule has 2 heterocycles. The number of carbonyl (C=O) groups is 2. The molecule has 2 rings (SSSR count). The van der Waals surface area contributed by atoms with Crippen molar-refractivity contribution in [2.24, 2.45) is 0 Å². The first-order valence-corrected chi connectivity index (χ1v) is 22.9. The molecule has 6 nitrogen and oxygen atoms in total. The first kappa shape index (κ1) is 20.7. The molecule has 0 spiro atoms. The summed E-state index contributed by atoms with van der Waals surface area (Å²) in [4.78, 5) is 23.6. The summed E-state index contributed by atoms with van der Waals surface area (Å²) < 4.78 is 14.1. The van der Waals surface area contributed by atoms with E-state index in [9.17, 15) is 9.59 Å². The predicted molar refractivity (Wildman–Crippen MR) is 108 cm³/mol. The van der Waals surface area contributed by atoms with E-state index >= 15 is 0 Å². The molecule has 11 heteroatoms. The van der Waals surface area contributed by atoms with Crippen LogP contribution in [0.3, 0.4) is 0 Å². The molecule has 0 aliphatic rings. The van der Waals surface area contributed by atoms with E-state index in [0.29, 0.717) is 20.4 Å². The number of rotatable bonds is 4. The minimum absolute atomic E-state index is 0.353. The van der Waals surface area contributed by atoms with Crippen molar-refractivity contribution in [2.75, 3.05) is 14.2 Å². The molecular weight excluding hydrogens is 603 g/mol. The van der Waals surface area contributed by atoms with Crippen molar-refractivity contribution in [3.8, 4) is 0 Å². The number of hydrogen-bond donors (Lipinski definition) is 0. The zero-order chi connectivity index (χ0) is 18.8. The summed E-state index contributed by atoms with van der Waals surface area (Å²) in [6.45, 7) is 0. The Bertz CT molecular complexity index is 883. The number of carbonyl (C=O) groups excluding carboxylic acids is 2. The van der Waals surface area contributed by atoms with Crippen LogP contribution in [0.5, 0.6) is 0 Å². The number of halogens is 2. The summed E-state index contributed by atoms with van der Waals surface area (Å²) in [6, 6.07) is 6.47. The Balaban J connectivity index is 2.67. The fourth-order valence-corrected chi connectivity index (χ4v) is 19.3. The molecule has 0 amide bonds. The third kappa shape index (κ3) is 4.41. The fourth-order valence-electron chi connectivity index (χ4n) is 1.99. The van der Waals surface area contributed by atoms with Crippen LogP contribution in [0.2, 0.25) is 0 Å². The second kappa shape index (κ2) is 8.42. The topological polar surface area (TPSA) is 62.5 Å². The van der Waals surface area contributed by atoms with Crippen molar-refractivity contribution >= 4 is 76.3 Å². The van der Waals surface area contributed by atoms with Gasteiger partial charge in [0.2, 0.25) is 0 Å². The summed E-state index contributed by atoms with van der Waals surface area (Å²) >= 11 is 14.5.